The van der Waals surface area contributed by atoms with Gasteiger partial charge in [-0.2, -0.15) is 15.5 Å². The Morgan fingerprint density at radius 3 is 2.81 bits per heavy atom. The molecule has 0 unspecified atom stereocenters. The molecule has 1 aromatic carbocycles. The molecule has 106 valence electrons. The number of ether oxygens (including phenoxy) is 1. The van der Waals surface area contributed by atoms with Crippen molar-refractivity contribution >= 4 is 5.97 Å². The fourth-order valence-corrected chi connectivity index (χ4v) is 1.86. The normalized spacial score (nSPS) is 10.5. The summed E-state index contributed by atoms with van der Waals surface area (Å²) in [4.78, 5) is 11.8. The summed E-state index contributed by atoms with van der Waals surface area (Å²) >= 11 is 0. The number of tetrazole rings is 1. The van der Waals surface area contributed by atoms with Gasteiger partial charge in [-0.3, -0.25) is 0 Å². The number of rotatable bonds is 4. The molecule has 0 saturated carbocycles. The number of hydrogen-bond acceptors (Lipinski definition) is 7. The molecule has 3 aromatic rings. The van der Waals surface area contributed by atoms with E-state index in [2.05, 4.69) is 36.0 Å². The average molecular weight is 285 g/mol. The highest BCUT2D eigenvalue weighted by Gasteiger charge is 2.19. The fraction of sp³-hybridized carbons (Fsp3) is 0.167. The third kappa shape index (κ3) is 2.48. The first-order valence-corrected chi connectivity index (χ1v) is 6.21. The first kappa shape index (κ1) is 12.9. The minimum atomic E-state index is -0.522. The van der Waals surface area contributed by atoms with E-state index in [1.165, 1.54) is 0 Å². The minimum absolute atomic E-state index is 0.141. The van der Waals surface area contributed by atoms with E-state index in [-0.39, 0.29) is 12.3 Å². The van der Waals surface area contributed by atoms with Crippen molar-refractivity contribution < 1.29 is 9.53 Å². The second-order valence-electron chi connectivity index (χ2n) is 4.06. The van der Waals surface area contributed by atoms with Crippen molar-refractivity contribution in [2.45, 2.75) is 6.92 Å². The molecule has 0 spiro atoms. The molecule has 0 aliphatic heterocycles. The van der Waals surface area contributed by atoms with Crippen LogP contribution in [0.2, 0.25) is 0 Å². The van der Waals surface area contributed by atoms with Gasteiger partial charge >= 0.3 is 5.97 Å². The first-order valence-electron chi connectivity index (χ1n) is 6.21. The zero-order valence-corrected chi connectivity index (χ0v) is 11.1. The highest BCUT2D eigenvalue weighted by Crippen LogP contribution is 2.24. The summed E-state index contributed by atoms with van der Waals surface area (Å²) in [5.41, 5.74) is 2.01. The summed E-state index contributed by atoms with van der Waals surface area (Å²) in [5, 5.41) is 24.0. The highest BCUT2D eigenvalue weighted by atomic mass is 16.5. The van der Waals surface area contributed by atoms with Crippen LogP contribution in [0.25, 0.3) is 22.6 Å². The number of benzene rings is 1. The summed E-state index contributed by atoms with van der Waals surface area (Å²) < 4.78 is 4.95. The zero-order valence-electron chi connectivity index (χ0n) is 11.1. The lowest BCUT2D eigenvalue weighted by Crippen LogP contribution is -2.06. The number of H-pyrrole nitrogens is 2. The topological polar surface area (TPSA) is 122 Å². The lowest BCUT2D eigenvalue weighted by atomic mass is 10.1. The summed E-state index contributed by atoms with van der Waals surface area (Å²) in [5.74, 6) is -0.0655. The second-order valence-corrected chi connectivity index (χ2v) is 4.06. The SMILES string of the molecule is CCOC(=O)c1n[nH]nc1-c1cccc(-c2nn[nH]n2)c1. The predicted molar refractivity (Wildman–Crippen MR) is 70.9 cm³/mol. The molecule has 0 bridgehead atoms. The summed E-state index contributed by atoms with van der Waals surface area (Å²) in [6.07, 6.45) is 0. The quantitative estimate of drug-likeness (QED) is 0.680. The van der Waals surface area contributed by atoms with E-state index >= 15 is 0 Å². The Morgan fingerprint density at radius 1 is 1.19 bits per heavy atom. The number of nitrogens with one attached hydrogen (secondary N) is 2. The van der Waals surface area contributed by atoms with Crippen LogP contribution in [0.1, 0.15) is 17.4 Å². The maximum atomic E-state index is 11.8. The van der Waals surface area contributed by atoms with Crippen LogP contribution < -0.4 is 0 Å². The predicted octanol–water partition coefficient (Wildman–Crippen LogP) is 0.828. The summed E-state index contributed by atoms with van der Waals surface area (Å²) in [6, 6.07) is 7.25. The molecule has 0 aliphatic carbocycles. The third-order valence-electron chi connectivity index (χ3n) is 2.76. The Bertz CT molecular complexity index is 751. The van der Waals surface area contributed by atoms with Crippen molar-refractivity contribution in [2.24, 2.45) is 0 Å². The van der Waals surface area contributed by atoms with E-state index < -0.39 is 5.97 Å². The van der Waals surface area contributed by atoms with Gasteiger partial charge in [0.05, 0.1) is 6.61 Å². The Morgan fingerprint density at radius 2 is 2.05 bits per heavy atom. The smallest absolute Gasteiger partial charge is 0.361 e. The maximum absolute atomic E-state index is 11.8. The van der Waals surface area contributed by atoms with Gasteiger partial charge in [0, 0.05) is 11.1 Å². The Labute approximate surface area is 118 Å². The van der Waals surface area contributed by atoms with Gasteiger partial charge in [0.25, 0.3) is 0 Å². The minimum Gasteiger partial charge on any atom is -0.461 e. The van der Waals surface area contributed by atoms with Gasteiger partial charge in [-0.25, -0.2) is 4.79 Å². The van der Waals surface area contributed by atoms with Gasteiger partial charge in [0.1, 0.15) is 5.69 Å². The van der Waals surface area contributed by atoms with Crippen molar-refractivity contribution in [3.63, 3.8) is 0 Å². The number of aromatic nitrogens is 7. The molecule has 2 N–H and O–H groups in total. The number of carbonyl (C=O) groups is 1. The van der Waals surface area contributed by atoms with Crippen molar-refractivity contribution in [3.8, 4) is 22.6 Å². The van der Waals surface area contributed by atoms with Crippen LogP contribution in [0, 0.1) is 0 Å². The summed E-state index contributed by atoms with van der Waals surface area (Å²) in [7, 11) is 0. The van der Waals surface area contributed by atoms with Gasteiger partial charge in [-0.1, -0.05) is 18.2 Å². The summed E-state index contributed by atoms with van der Waals surface area (Å²) in [6.45, 7) is 2.00. The first-order chi connectivity index (χ1) is 10.3. The lowest BCUT2D eigenvalue weighted by Gasteiger charge is -2.02. The molecule has 0 saturated heterocycles. The van der Waals surface area contributed by atoms with E-state index in [0.717, 1.165) is 5.56 Å². The third-order valence-corrected chi connectivity index (χ3v) is 2.76. The molecular weight excluding hydrogens is 274 g/mol. The lowest BCUT2D eigenvalue weighted by molar-refractivity contribution is 0.0520. The van der Waals surface area contributed by atoms with Gasteiger partial charge in [-0.05, 0) is 18.2 Å². The molecule has 2 aromatic heterocycles. The van der Waals surface area contributed by atoms with Crippen molar-refractivity contribution in [1.82, 2.24) is 36.0 Å². The Balaban J connectivity index is 2.00. The Hall–Kier alpha value is -3.10. The van der Waals surface area contributed by atoms with Gasteiger partial charge in [0.2, 0.25) is 5.82 Å². The van der Waals surface area contributed by atoms with E-state index in [9.17, 15) is 4.79 Å². The number of aromatic amines is 2. The average Bonchev–Trinajstić information content (AvgIpc) is 3.19. The van der Waals surface area contributed by atoms with Crippen LogP contribution in [0.15, 0.2) is 24.3 Å². The molecule has 0 radical (unpaired) electrons. The van der Waals surface area contributed by atoms with E-state index in [4.69, 9.17) is 4.74 Å². The van der Waals surface area contributed by atoms with Gasteiger partial charge in [-0.15, -0.1) is 15.3 Å². The van der Waals surface area contributed by atoms with Crippen molar-refractivity contribution in [1.29, 1.82) is 0 Å². The standard InChI is InChI=1S/C12H11N7O2/c1-2-21-12(20)10-9(13-17-14-10)7-4-3-5-8(6-7)11-15-18-19-16-11/h3-6H,2H2,1H3,(H,13,14,17)(H,15,16,18,19). The molecule has 0 amide bonds. The molecule has 0 aliphatic rings. The van der Waals surface area contributed by atoms with E-state index in [0.29, 0.717) is 17.1 Å². The van der Waals surface area contributed by atoms with Crippen LogP contribution in [0.5, 0.6) is 0 Å². The molecule has 9 heteroatoms. The van der Waals surface area contributed by atoms with Crippen LogP contribution in [-0.4, -0.2) is 48.6 Å². The zero-order chi connectivity index (χ0) is 14.7. The molecule has 21 heavy (non-hydrogen) atoms. The maximum Gasteiger partial charge on any atom is 0.361 e. The number of hydrogen-bond donors (Lipinski definition) is 2. The van der Waals surface area contributed by atoms with Gasteiger partial charge in [0.15, 0.2) is 5.69 Å². The van der Waals surface area contributed by atoms with Gasteiger partial charge < -0.3 is 4.74 Å². The molecular formula is C12H11N7O2. The van der Waals surface area contributed by atoms with Crippen LogP contribution >= 0.6 is 0 Å². The molecule has 0 fully saturated rings. The Kier molecular flexibility index (Phi) is 3.37. The van der Waals surface area contributed by atoms with Crippen molar-refractivity contribution in [3.05, 3.63) is 30.0 Å². The van der Waals surface area contributed by atoms with Crippen LogP contribution in [-0.2, 0) is 4.74 Å². The molecule has 9 nitrogen and oxygen atoms in total. The van der Waals surface area contributed by atoms with E-state index in [1.807, 2.05) is 18.2 Å². The molecule has 0 atom stereocenters. The fourth-order valence-electron chi connectivity index (χ4n) is 1.86. The number of carbonyl (C=O) groups excluding carboxylic acids is 1. The molecule has 3 rings (SSSR count). The number of nitrogens with zero attached hydrogens (tertiary/aromatic N) is 5. The largest absolute Gasteiger partial charge is 0.461 e. The highest BCUT2D eigenvalue weighted by molar-refractivity contribution is 5.94. The van der Waals surface area contributed by atoms with Crippen molar-refractivity contribution in [2.75, 3.05) is 6.61 Å². The second kappa shape index (κ2) is 5.49. The monoisotopic (exact) mass is 285 g/mol. The van der Waals surface area contributed by atoms with Crippen LogP contribution in [0.4, 0.5) is 0 Å². The molecule has 2 heterocycles. The van der Waals surface area contributed by atoms with Crippen LogP contribution in [0.3, 0.4) is 0 Å². The van der Waals surface area contributed by atoms with E-state index in [1.54, 1.807) is 13.0 Å². The number of esters is 1.